The van der Waals surface area contributed by atoms with Crippen molar-refractivity contribution in [3.8, 4) is 0 Å². The lowest BCUT2D eigenvalue weighted by molar-refractivity contribution is 0.204. The van der Waals surface area contributed by atoms with Crippen LogP contribution in [0.5, 0.6) is 0 Å². The van der Waals surface area contributed by atoms with Crippen LogP contribution in [0.15, 0.2) is 0 Å². The van der Waals surface area contributed by atoms with Gasteiger partial charge >= 0.3 is 0 Å². The van der Waals surface area contributed by atoms with Gasteiger partial charge in [-0.3, -0.25) is 0 Å². The first-order valence-electron chi connectivity index (χ1n) is 6.88. The van der Waals surface area contributed by atoms with E-state index < -0.39 is 0 Å². The Labute approximate surface area is 103 Å². The van der Waals surface area contributed by atoms with Crippen molar-refractivity contribution in [1.29, 1.82) is 0 Å². The van der Waals surface area contributed by atoms with E-state index in [9.17, 15) is 0 Å². The van der Waals surface area contributed by atoms with E-state index in [1.807, 2.05) is 0 Å². The Morgan fingerprint density at radius 2 is 1.56 bits per heavy atom. The quantitative estimate of drug-likeness (QED) is 0.610. The molecule has 0 spiro atoms. The summed E-state index contributed by atoms with van der Waals surface area (Å²) in [5, 5.41) is 3.46. The highest BCUT2D eigenvalue weighted by molar-refractivity contribution is 4.66. The Morgan fingerprint density at radius 1 is 0.938 bits per heavy atom. The van der Waals surface area contributed by atoms with Crippen LogP contribution in [0.1, 0.15) is 53.9 Å². The van der Waals surface area contributed by atoms with E-state index in [1.165, 1.54) is 32.4 Å². The van der Waals surface area contributed by atoms with Gasteiger partial charge in [-0.2, -0.15) is 0 Å². The number of nitrogens with zero attached hydrogens (tertiary/aromatic N) is 1. The van der Waals surface area contributed by atoms with E-state index in [0.29, 0.717) is 12.1 Å². The Kier molecular flexibility index (Phi) is 8.96. The lowest BCUT2D eigenvalue weighted by atomic mass is 10.0. The molecule has 0 saturated carbocycles. The van der Waals surface area contributed by atoms with Crippen molar-refractivity contribution in [2.45, 2.75) is 66.0 Å². The Bertz CT molecular complexity index is 155. The van der Waals surface area contributed by atoms with Crippen molar-refractivity contribution in [2.75, 3.05) is 20.1 Å². The molecule has 2 nitrogen and oxygen atoms in total. The summed E-state index contributed by atoms with van der Waals surface area (Å²) in [7, 11) is 2.25. The van der Waals surface area contributed by atoms with Crippen LogP contribution in [0.2, 0.25) is 0 Å². The number of hydrogen-bond donors (Lipinski definition) is 1. The molecular weight excluding hydrogens is 196 g/mol. The van der Waals surface area contributed by atoms with Crippen LogP contribution in [0.25, 0.3) is 0 Å². The minimum atomic E-state index is 0.628. The second-order valence-electron chi connectivity index (χ2n) is 5.63. The number of hydrogen-bond acceptors (Lipinski definition) is 2. The zero-order valence-electron chi connectivity index (χ0n) is 12.2. The van der Waals surface area contributed by atoms with E-state index in [1.54, 1.807) is 0 Å². The van der Waals surface area contributed by atoms with Crippen molar-refractivity contribution in [2.24, 2.45) is 5.92 Å². The molecule has 0 aromatic heterocycles. The average molecular weight is 228 g/mol. The smallest absolute Gasteiger partial charge is 0.00868 e. The summed E-state index contributed by atoms with van der Waals surface area (Å²) in [5.74, 6) is 0.757. The highest BCUT2D eigenvalue weighted by Crippen LogP contribution is 2.09. The molecule has 0 fully saturated rings. The fourth-order valence-corrected chi connectivity index (χ4v) is 1.77. The molecule has 16 heavy (non-hydrogen) atoms. The third-order valence-electron chi connectivity index (χ3n) is 3.40. The predicted octanol–water partition coefficient (Wildman–Crippen LogP) is 3.13. The largest absolute Gasteiger partial charge is 0.315 e. The molecule has 1 N–H and O–H groups in total. The number of unbranched alkanes of at least 4 members (excludes halogenated alkanes) is 2. The Hall–Kier alpha value is -0.0800. The molecule has 1 atom stereocenters. The highest BCUT2D eigenvalue weighted by Gasteiger charge is 2.11. The van der Waals surface area contributed by atoms with Gasteiger partial charge in [0.2, 0.25) is 0 Å². The molecule has 0 aliphatic carbocycles. The minimum absolute atomic E-state index is 0.628. The SMILES string of the molecule is CC(C)NCCCCCN(C)C(C)C(C)C. The van der Waals surface area contributed by atoms with Gasteiger partial charge in [-0.1, -0.05) is 34.1 Å². The monoisotopic (exact) mass is 228 g/mol. The van der Waals surface area contributed by atoms with Gasteiger partial charge in [0, 0.05) is 12.1 Å². The summed E-state index contributed by atoms with van der Waals surface area (Å²) in [5.41, 5.74) is 0. The van der Waals surface area contributed by atoms with Crippen molar-refractivity contribution < 1.29 is 0 Å². The molecule has 2 heteroatoms. The highest BCUT2D eigenvalue weighted by atomic mass is 15.1. The number of nitrogens with one attached hydrogen (secondary N) is 1. The van der Waals surface area contributed by atoms with Gasteiger partial charge in [0.15, 0.2) is 0 Å². The average Bonchev–Trinajstić information content (AvgIpc) is 2.21. The molecule has 0 saturated heterocycles. The lowest BCUT2D eigenvalue weighted by Gasteiger charge is -2.27. The van der Waals surface area contributed by atoms with Gasteiger partial charge in [0.05, 0.1) is 0 Å². The summed E-state index contributed by atoms with van der Waals surface area (Å²) in [6, 6.07) is 1.33. The molecule has 0 aromatic carbocycles. The lowest BCUT2D eigenvalue weighted by Crippen LogP contribution is -2.34. The maximum atomic E-state index is 3.46. The molecule has 0 aromatic rings. The van der Waals surface area contributed by atoms with Gasteiger partial charge in [0.25, 0.3) is 0 Å². The van der Waals surface area contributed by atoms with Crippen molar-refractivity contribution >= 4 is 0 Å². The summed E-state index contributed by atoms with van der Waals surface area (Å²) >= 11 is 0. The van der Waals surface area contributed by atoms with E-state index in [-0.39, 0.29) is 0 Å². The van der Waals surface area contributed by atoms with Gasteiger partial charge in [-0.25, -0.2) is 0 Å². The van der Waals surface area contributed by atoms with Crippen LogP contribution < -0.4 is 5.32 Å². The molecular formula is C14H32N2. The van der Waals surface area contributed by atoms with Gasteiger partial charge in [-0.15, -0.1) is 0 Å². The fourth-order valence-electron chi connectivity index (χ4n) is 1.77. The van der Waals surface area contributed by atoms with Crippen LogP contribution in [-0.2, 0) is 0 Å². The third-order valence-corrected chi connectivity index (χ3v) is 3.40. The summed E-state index contributed by atoms with van der Waals surface area (Å²) < 4.78 is 0. The van der Waals surface area contributed by atoms with E-state index in [2.05, 4.69) is 51.9 Å². The second kappa shape index (κ2) is 9.00. The first kappa shape index (κ1) is 15.9. The number of rotatable bonds is 9. The maximum Gasteiger partial charge on any atom is 0.00868 e. The fraction of sp³-hybridized carbons (Fsp3) is 1.00. The normalized spacial score (nSPS) is 14.1. The minimum Gasteiger partial charge on any atom is -0.315 e. The predicted molar refractivity (Wildman–Crippen MR) is 73.9 cm³/mol. The molecule has 0 aliphatic heterocycles. The Morgan fingerprint density at radius 3 is 2.06 bits per heavy atom. The molecule has 98 valence electrons. The molecule has 0 heterocycles. The maximum absolute atomic E-state index is 3.46. The van der Waals surface area contributed by atoms with Crippen LogP contribution in [0.4, 0.5) is 0 Å². The zero-order valence-corrected chi connectivity index (χ0v) is 12.2. The molecule has 0 bridgehead atoms. The van der Waals surface area contributed by atoms with Gasteiger partial charge in [0.1, 0.15) is 0 Å². The topological polar surface area (TPSA) is 15.3 Å². The van der Waals surface area contributed by atoms with E-state index in [4.69, 9.17) is 0 Å². The summed E-state index contributed by atoms with van der Waals surface area (Å²) in [6.45, 7) is 13.7. The molecule has 0 aliphatic rings. The second-order valence-corrected chi connectivity index (χ2v) is 5.63. The van der Waals surface area contributed by atoms with Crippen molar-refractivity contribution in [3.63, 3.8) is 0 Å². The Balaban J connectivity index is 3.37. The first-order valence-corrected chi connectivity index (χ1v) is 6.88. The molecule has 0 radical (unpaired) electrons. The van der Waals surface area contributed by atoms with Crippen molar-refractivity contribution in [3.05, 3.63) is 0 Å². The molecule has 1 unspecified atom stereocenters. The first-order chi connectivity index (χ1) is 7.45. The molecule has 0 rings (SSSR count). The van der Waals surface area contributed by atoms with E-state index >= 15 is 0 Å². The standard InChI is InChI=1S/C14H32N2/c1-12(2)14(5)16(6)11-9-7-8-10-15-13(3)4/h12-15H,7-11H2,1-6H3. The summed E-state index contributed by atoms with van der Waals surface area (Å²) in [4.78, 5) is 2.49. The van der Waals surface area contributed by atoms with Crippen LogP contribution >= 0.6 is 0 Å². The van der Waals surface area contributed by atoms with Crippen molar-refractivity contribution in [1.82, 2.24) is 10.2 Å². The van der Waals surface area contributed by atoms with Crippen LogP contribution in [-0.4, -0.2) is 37.1 Å². The summed E-state index contributed by atoms with van der Waals surface area (Å²) in [6.07, 6.45) is 3.98. The third kappa shape index (κ3) is 8.12. The van der Waals surface area contributed by atoms with Crippen LogP contribution in [0, 0.1) is 5.92 Å². The zero-order chi connectivity index (χ0) is 12.6. The van der Waals surface area contributed by atoms with E-state index in [0.717, 1.165) is 5.92 Å². The van der Waals surface area contributed by atoms with Crippen LogP contribution in [0.3, 0.4) is 0 Å². The van der Waals surface area contributed by atoms with Gasteiger partial charge in [-0.05, 0) is 45.8 Å². The molecule has 0 amide bonds. The van der Waals surface area contributed by atoms with Gasteiger partial charge < -0.3 is 10.2 Å².